The normalized spacial score (nSPS) is 11.4. The van der Waals surface area contributed by atoms with Crippen LogP contribution in [0.15, 0.2) is 165 Å². The van der Waals surface area contributed by atoms with Crippen LogP contribution < -0.4 is 39.3 Å². The van der Waals surface area contributed by atoms with Crippen molar-refractivity contribution in [1.82, 2.24) is 78.8 Å². The summed E-state index contributed by atoms with van der Waals surface area (Å²) in [6.45, 7) is 10.4. The molecule has 1 amide bonds. The summed E-state index contributed by atoms with van der Waals surface area (Å²) in [7, 11) is 2.69. The number of hydrogen-bond acceptors (Lipinski definition) is 17. The van der Waals surface area contributed by atoms with Gasteiger partial charge in [-0.3, -0.25) is 28.7 Å². The van der Waals surface area contributed by atoms with E-state index in [1.165, 1.54) is 21.3 Å². The van der Waals surface area contributed by atoms with E-state index >= 15 is 0 Å². The first-order chi connectivity index (χ1) is 50.8. The van der Waals surface area contributed by atoms with Crippen LogP contribution in [0.1, 0.15) is 95.0 Å². The van der Waals surface area contributed by atoms with E-state index in [2.05, 4.69) is 60.2 Å². The predicted molar refractivity (Wildman–Crippen MR) is 400 cm³/mol. The molecule has 0 atom stereocenters. The molecule has 14 rings (SSSR count). The molecule has 0 aliphatic heterocycles. The highest BCUT2D eigenvalue weighted by Gasteiger charge is 2.24. The molecule has 0 radical (unpaired) electrons. The van der Waals surface area contributed by atoms with Gasteiger partial charge in [-0.1, -0.05) is 52.0 Å². The molecule has 30 heteroatoms. The van der Waals surface area contributed by atoms with E-state index in [1.54, 1.807) is 66.8 Å². The van der Waals surface area contributed by atoms with Crippen molar-refractivity contribution >= 4 is 67.6 Å². The lowest BCUT2D eigenvalue weighted by molar-refractivity contribution is 0.0696. The van der Waals surface area contributed by atoms with Gasteiger partial charge in [0.25, 0.3) is 17.0 Å². The number of aromatic hydroxyl groups is 4. The Labute approximate surface area is 598 Å². The van der Waals surface area contributed by atoms with Crippen LogP contribution in [0.4, 0.5) is 16.3 Å². The molecule has 16 N–H and O–H groups in total. The zero-order valence-corrected chi connectivity index (χ0v) is 58.1. The predicted octanol–water partition coefficient (Wildman–Crippen LogP) is 9.26. The Hall–Kier alpha value is -13.3. The van der Waals surface area contributed by atoms with E-state index in [-0.39, 0.29) is 81.0 Å². The highest BCUT2D eigenvalue weighted by molar-refractivity contribution is 5.94. The molecular formula is C75H79FN18O11. The number of aromatic nitrogens is 14. The number of alkyl halides is 1. The first-order valence-electron chi connectivity index (χ1n) is 34.1. The molecule has 105 heavy (non-hydrogen) atoms. The van der Waals surface area contributed by atoms with E-state index in [4.69, 9.17) is 17.9 Å². The number of phenols is 4. The summed E-state index contributed by atoms with van der Waals surface area (Å²) < 4.78 is 22.5. The summed E-state index contributed by atoms with van der Waals surface area (Å²) in [5.41, 5.74) is 20.4. The van der Waals surface area contributed by atoms with Crippen LogP contribution in [0.5, 0.6) is 23.0 Å². The van der Waals surface area contributed by atoms with Gasteiger partial charge in [-0.05, 0) is 163 Å². The quantitative estimate of drug-likeness (QED) is 0.0338. The number of benzene rings is 6. The van der Waals surface area contributed by atoms with E-state index in [1.807, 2.05) is 118 Å². The minimum atomic E-state index is -1.00. The fourth-order valence-electron chi connectivity index (χ4n) is 12.6. The van der Waals surface area contributed by atoms with Crippen LogP contribution in [0.25, 0.3) is 78.0 Å². The maximum absolute atomic E-state index is 13.3. The first-order valence-corrected chi connectivity index (χ1v) is 33.4. The van der Waals surface area contributed by atoms with E-state index in [0.29, 0.717) is 100 Å². The van der Waals surface area contributed by atoms with Gasteiger partial charge >= 0.3 is 17.3 Å². The van der Waals surface area contributed by atoms with Crippen LogP contribution in [0, 0.1) is 0 Å². The lowest BCUT2D eigenvalue weighted by Gasteiger charge is -2.18. The largest absolute Gasteiger partial charge is 0.508 e. The Balaban J connectivity index is 0.000000172. The fraction of sp³-hybridized carbons (Fsp3) is 0.227. The number of rotatable bonds is 20. The van der Waals surface area contributed by atoms with Gasteiger partial charge in [0.15, 0.2) is 11.6 Å². The van der Waals surface area contributed by atoms with Gasteiger partial charge in [-0.2, -0.15) is 20.2 Å². The van der Waals surface area contributed by atoms with Crippen molar-refractivity contribution in [3.63, 3.8) is 0 Å². The molecule has 0 aliphatic carbocycles. The average molecular weight is 1430 g/mol. The van der Waals surface area contributed by atoms with Gasteiger partial charge in [0.1, 0.15) is 34.3 Å². The van der Waals surface area contributed by atoms with Crippen LogP contribution in [0.2, 0.25) is 0 Å². The molecule has 0 aliphatic rings. The van der Waals surface area contributed by atoms with Crippen molar-refractivity contribution in [2.75, 3.05) is 45.8 Å². The van der Waals surface area contributed by atoms with Gasteiger partial charge in [0, 0.05) is 97.5 Å². The van der Waals surface area contributed by atoms with Gasteiger partial charge in [-0.15, -0.1) is 0 Å². The third kappa shape index (κ3) is 15.6. The number of halogens is 1. The Morgan fingerprint density at radius 1 is 0.590 bits per heavy atom. The number of nitrogens with zero attached hydrogens (tertiary/aromatic N) is 9. The van der Waals surface area contributed by atoms with E-state index < -0.39 is 24.5 Å². The second kappa shape index (κ2) is 31.3. The van der Waals surface area contributed by atoms with Crippen LogP contribution >= 0.6 is 0 Å². The third-order valence-corrected chi connectivity index (χ3v) is 18.1. The zero-order valence-electron chi connectivity index (χ0n) is 59.1. The molecule has 6 aromatic carbocycles. The number of fused-ring (bicyclic) bond motifs is 4. The monoisotopic (exact) mass is 1430 g/mol. The standard InChI is InChI=1S/C37H37N9O5.C22H25N5O3.C15H14N4O3.CH3F/c1-20(2)26-17-27(30(48)18-29(26)47)33-42-43-37(51)46(33)25-10-11-28-23(16-25)12-13-45(28)15-14-44(3)35(50)22-7-4-21(5-8-22)6-9-24-19-39-32-31(24)34(49)41-36(38)40-32;1-13(2)16-11-17(20(29)12-19(16)28)21-24-25-22(30)27(21)15-4-5-18-14(10-15)6-8-26(18)9-7-23-3;16-15-18-12-11(13(20)19-15)10(7-17-12)6-3-8-1-4-9(5-2-8)14(21)22;1-2/h4-5,7-8,10-13,16-20,47-48H,6,9,14-15H2,1-3H3,(H,43,51)(H4,38,39,40,41,49);4-6,8,10-13,23,28-29H,7,9H2,1-3H3,(H,25,30);1-2,4-5,7H,3,6H2,(H,21,22)(H4,16,17,18,19,20);1H3/i;;;1D. The van der Waals surface area contributed by atoms with Crippen molar-refractivity contribution in [2.24, 2.45) is 0 Å². The SMILES string of the molecule is CC(C)c1cc(-c2n[nH]c(=O)n2-c2ccc3c(ccn3CCN(C)C(=O)c3ccc(CCc4c[nH]c5nc(N)[nH]c(=O)c45)cc3)c2)c(O)cc1O.CNCCn1ccc2cc(-n3c(-c4cc(C(C)C)c(O)cc4O)n[nH]c3=O)ccc21.Nc1nc2[nH]cc(CCc3ccc(C(=O)O)cc3)c2c(=O)[nH]1.[2H]CF. The number of aromatic amines is 6. The summed E-state index contributed by atoms with van der Waals surface area (Å²) in [5, 5.41) is 69.8. The number of aryl methyl sites for hydroxylation is 4. The maximum atomic E-state index is 13.3. The minimum Gasteiger partial charge on any atom is -0.508 e. The molecular weight excluding hydrogens is 1350 g/mol. The van der Waals surface area contributed by atoms with Gasteiger partial charge in [0.05, 0.1) is 47.4 Å². The summed E-state index contributed by atoms with van der Waals surface area (Å²) in [6, 6.07) is 35.4. The lowest BCUT2D eigenvalue weighted by Crippen LogP contribution is -2.30. The van der Waals surface area contributed by atoms with Gasteiger partial charge < -0.3 is 66.3 Å². The van der Waals surface area contributed by atoms with Crippen molar-refractivity contribution in [3.05, 3.63) is 232 Å². The van der Waals surface area contributed by atoms with Crippen molar-refractivity contribution in [2.45, 2.75) is 78.3 Å². The Kier molecular flexibility index (Phi) is 21.4. The molecule has 0 fully saturated rings. The van der Waals surface area contributed by atoms with Crippen molar-refractivity contribution in [1.29, 1.82) is 0 Å². The van der Waals surface area contributed by atoms with Crippen LogP contribution in [0.3, 0.4) is 0 Å². The minimum absolute atomic E-state index is 0.0139. The van der Waals surface area contributed by atoms with Crippen LogP contribution in [-0.2, 0) is 38.8 Å². The number of carbonyl (C=O) groups is 2. The smallest absolute Gasteiger partial charge is 0.348 e. The third-order valence-electron chi connectivity index (χ3n) is 18.1. The Bertz CT molecular complexity index is 5780. The fourth-order valence-corrected chi connectivity index (χ4v) is 12.6. The first kappa shape index (κ1) is 71.6. The topological polar surface area (TPSA) is 437 Å². The molecule has 14 aromatic rings. The summed E-state index contributed by atoms with van der Waals surface area (Å²) >= 11 is 0. The maximum Gasteiger partial charge on any atom is 0.348 e. The number of carboxylic acid groups (broad SMARTS) is 1. The summed E-state index contributed by atoms with van der Waals surface area (Å²) in [4.78, 5) is 94.8. The average Bonchev–Trinajstić information content (AvgIpc) is 1.58. The number of nitrogens with one attached hydrogen (secondary N) is 7. The second-order valence-electron chi connectivity index (χ2n) is 25.6. The molecule has 0 saturated heterocycles. The number of likely N-dealkylation sites (N-methyl/N-ethyl adjacent to an activating group) is 2. The molecule has 0 spiro atoms. The van der Waals surface area contributed by atoms with Crippen molar-refractivity contribution in [3.8, 4) is 57.1 Å². The molecule has 0 saturated carbocycles. The zero-order chi connectivity index (χ0) is 75.8. The second-order valence-corrected chi connectivity index (χ2v) is 25.6. The molecule has 8 aromatic heterocycles. The Morgan fingerprint density at radius 3 is 1.44 bits per heavy atom. The number of nitrogen functional groups attached to an aromatic ring is 2. The van der Waals surface area contributed by atoms with E-state index in [0.717, 1.165) is 57.1 Å². The molecule has 8 heterocycles. The van der Waals surface area contributed by atoms with Gasteiger partial charge in [-0.25, -0.2) is 33.7 Å². The molecule has 0 bridgehead atoms. The number of anilines is 2. The number of aromatic carboxylic acids is 1. The Morgan fingerprint density at radius 2 is 1.02 bits per heavy atom. The summed E-state index contributed by atoms with van der Waals surface area (Å²) in [6.07, 6.45) is 10.1. The highest BCUT2D eigenvalue weighted by Crippen LogP contribution is 2.39. The molecule has 542 valence electrons. The van der Waals surface area contributed by atoms with E-state index in [9.17, 15) is 53.6 Å². The highest BCUT2D eigenvalue weighted by atomic mass is 19.1. The van der Waals surface area contributed by atoms with Gasteiger partial charge in [0.2, 0.25) is 11.9 Å². The number of H-pyrrole nitrogens is 6. The molecule has 0 unspecified atom stereocenters. The molecule has 29 nitrogen and oxygen atoms in total. The number of carboxylic acids is 1. The van der Waals surface area contributed by atoms with Crippen molar-refractivity contribution < 1.29 is 40.9 Å². The number of phenolic OH excluding ortho intramolecular Hbond substituents is 4. The number of hydrogen-bond donors (Lipinski definition) is 14. The lowest BCUT2D eigenvalue weighted by atomic mass is 9.98. The number of carbonyl (C=O) groups excluding carboxylic acids is 1. The summed E-state index contributed by atoms with van der Waals surface area (Å²) in [5.74, 6) is -0.714. The van der Waals surface area contributed by atoms with Crippen LogP contribution in [-0.4, -0.2) is 145 Å². The number of nitrogens with two attached hydrogens (primary N) is 2. The number of amides is 1.